The second-order valence-corrected chi connectivity index (χ2v) is 6.61. The second-order valence-electron chi connectivity index (χ2n) is 4.63. The lowest BCUT2D eigenvalue weighted by Crippen LogP contribution is -2.08. The first-order valence-corrected chi connectivity index (χ1v) is 8.10. The Labute approximate surface area is 127 Å². The highest BCUT2D eigenvalue weighted by Gasteiger charge is 2.25. The van der Waals surface area contributed by atoms with Gasteiger partial charge in [-0.15, -0.1) is 0 Å². The first kappa shape index (κ1) is 15.7. The number of nitrogens with two attached hydrogens (primary N) is 1. The molecule has 0 fully saturated rings. The van der Waals surface area contributed by atoms with Crippen molar-refractivity contribution in [2.45, 2.75) is 11.4 Å². The number of nitrogens with one attached hydrogen (secondary N) is 1. The molecule has 1 aromatic heterocycles. The molecule has 0 saturated heterocycles. The van der Waals surface area contributed by atoms with Gasteiger partial charge in [-0.3, -0.25) is 10.1 Å². The maximum Gasteiger partial charge on any atom is 0.310 e. The Hall–Kier alpha value is -2.68. The van der Waals surface area contributed by atoms with Crippen LogP contribution in [0, 0.1) is 10.1 Å². The first-order chi connectivity index (χ1) is 10.3. The average molecular weight is 322 g/mol. The molecular formula is C13H14N4O4S. The van der Waals surface area contributed by atoms with Gasteiger partial charge in [0.1, 0.15) is 16.4 Å². The number of sulfone groups is 1. The minimum absolute atomic E-state index is 0.129. The van der Waals surface area contributed by atoms with Gasteiger partial charge in [-0.2, -0.15) is 0 Å². The van der Waals surface area contributed by atoms with Crippen molar-refractivity contribution in [2.75, 3.05) is 17.3 Å². The molecule has 8 nitrogen and oxygen atoms in total. The van der Waals surface area contributed by atoms with Gasteiger partial charge in [-0.1, -0.05) is 12.1 Å². The topological polar surface area (TPSA) is 128 Å². The Kier molecular flexibility index (Phi) is 4.27. The number of anilines is 2. The number of nitro benzene ring substituents is 1. The number of rotatable bonds is 5. The van der Waals surface area contributed by atoms with E-state index in [4.69, 9.17) is 5.73 Å². The van der Waals surface area contributed by atoms with Crippen molar-refractivity contribution in [1.29, 1.82) is 0 Å². The van der Waals surface area contributed by atoms with Crippen molar-refractivity contribution < 1.29 is 13.3 Å². The van der Waals surface area contributed by atoms with Crippen LogP contribution in [0.2, 0.25) is 0 Å². The molecule has 22 heavy (non-hydrogen) atoms. The monoisotopic (exact) mass is 322 g/mol. The van der Waals surface area contributed by atoms with E-state index in [1.54, 1.807) is 12.1 Å². The van der Waals surface area contributed by atoms with Gasteiger partial charge in [0.25, 0.3) is 0 Å². The Bertz CT molecular complexity index is 803. The molecule has 0 saturated carbocycles. The van der Waals surface area contributed by atoms with Gasteiger partial charge in [-0.05, 0) is 23.8 Å². The third-order valence-corrected chi connectivity index (χ3v) is 4.04. The van der Waals surface area contributed by atoms with Gasteiger partial charge < -0.3 is 11.1 Å². The molecule has 2 rings (SSSR count). The maximum atomic E-state index is 11.7. The molecule has 3 N–H and O–H groups in total. The zero-order chi connectivity index (χ0) is 16.3. The molecule has 0 amide bonds. The highest BCUT2D eigenvalue weighted by Crippen LogP contribution is 2.32. The minimum Gasteiger partial charge on any atom is -0.384 e. The minimum atomic E-state index is -3.70. The number of nitro groups is 1. The zero-order valence-corrected chi connectivity index (χ0v) is 12.5. The summed E-state index contributed by atoms with van der Waals surface area (Å²) in [5.41, 5.74) is 5.90. The van der Waals surface area contributed by atoms with E-state index in [0.717, 1.165) is 11.8 Å². The highest BCUT2D eigenvalue weighted by atomic mass is 32.2. The Balaban J connectivity index is 2.35. The average Bonchev–Trinajstić information content (AvgIpc) is 2.45. The molecule has 0 unspecified atom stereocenters. The molecule has 0 bridgehead atoms. The van der Waals surface area contributed by atoms with Crippen molar-refractivity contribution in [2.24, 2.45) is 0 Å². The predicted octanol–water partition coefficient (Wildman–Crippen LogP) is 1.59. The van der Waals surface area contributed by atoms with Gasteiger partial charge in [-0.25, -0.2) is 13.4 Å². The Morgan fingerprint density at radius 2 is 2.05 bits per heavy atom. The van der Waals surface area contributed by atoms with Crippen LogP contribution >= 0.6 is 0 Å². The Morgan fingerprint density at radius 1 is 1.32 bits per heavy atom. The molecule has 0 aliphatic rings. The molecule has 1 aromatic carbocycles. The molecular weight excluding hydrogens is 308 g/mol. The standard InChI is InChI=1S/C13H14N4O4S/c1-22(20,21)11-4-2-3-10(13(11)17(18)19)15-7-9-5-6-12(14)16-8-9/h2-6,8,15H,7H2,1H3,(H2,14,16). The summed E-state index contributed by atoms with van der Waals surface area (Å²) < 4.78 is 23.3. The fourth-order valence-electron chi connectivity index (χ4n) is 1.89. The van der Waals surface area contributed by atoms with Crippen LogP contribution in [0.5, 0.6) is 0 Å². The molecule has 116 valence electrons. The first-order valence-electron chi connectivity index (χ1n) is 6.21. The number of nitrogens with zero attached hydrogens (tertiary/aromatic N) is 2. The van der Waals surface area contributed by atoms with E-state index in [0.29, 0.717) is 5.82 Å². The fraction of sp³-hybridized carbons (Fsp3) is 0.154. The highest BCUT2D eigenvalue weighted by molar-refractivity contribution is 7.90. The van der Waals surface area contributed by atoms with E-state index in [1.807, 2.05) is 0 Å². The Morgan fingerprint density at radius 3 is 2.59 bits per heavy atom. The van der Waals surface area contributed by atoms with Crippen LogP contribution in [0.3, 0.4) is 0 Å². The van der Waals surface area contributed by atoms with Gasteiger partial charge in [0.2, 0.25) is 0 Å². The lowest BCUT2D eigenvalue weighted by atomic mass is 10.2. The molecule has 9 heteroatoms. The molecule has 0 aliphatic heterocycles. The van der Waals surface area contributed by atoms with Gasteiger partial charge >= 0.3 is 5.69 Å². The van der Waals surface area contributed by atoms with E-state index in [1.165, 1.54) is 24.4 Å². The third kappa shape index (κ3) is 3.50. The second kappa shape index (κ2) is 5.98. The van der Waals surface area contributed by atoms with Gasteiger partial charge in [0, 0.05) is 19.0 Å². The molecule has 2 aromatic rings. The smallest absolute Gasteiger partial charge is 0.310 e. The summed E-state index contributed by atoms with van der Waals surface area (Å²) in [4.78, 5) is 14.1. The summed E-state index contributed by atoms with van der Waals surface area (Å²) in [7, 11) is -3.70. The van der Waals surface area contributed by atoms with Crippen LogP contribution in [-0.4, -0.2) is 24.6 Å². The van der Waals surface area contributed by atoms with Crippen LogP contribution in [0.15, 0.2) is 41.4 Å². The summed E-state index contributed by atoms with van der Waals surface area (Å²) in [6.45, 7) is 0.251. The van der Waals surface area contributed by atoms with E-state index in [9.17, 15) is 18.5 Å². The summed E-state index contributed by atoms with van der Waals surface area (Å²) >= 11 is 0. The fourth-order valence-corrected chi connectivity index (χ4v) is 2.75. The molecule has 0 spiro atoms. The van der Waals surface area contributed by atoms with Crippen LogP contribution in [0.1, 0.15) is 5.56 Å². The lowest BCUT2D eigenvalue weighted by molar-refractivity contribution is -0.386. The van der Waals surface area contributed by atoms with Crippen molar-refractivity contribution in [3.8, 4) is 0 Å². The third-order valence-electron chi connectivity index (χ3n) is 2.91. The summed E-state index contributed by atoms with van der Waals surface area (Å²) in [6.07, 6.45) is 2.47. The van der Waals surface area contributed by atoms with Crippen LogP contribution in [0.4, 0.5) is 17.2 Å². The molecule has 1 heterocycles. The number of hydrogen-bond donors (Lipinski definition) is 2. The van der Waals surface area contributed by atoms with E-state index >= 15 is 0 Å². The summed E-state index contributed by atoms with van der Waals surface area (Å²) in [5, 5.41) is 14.1. The quantitative estimate of drug-likeness (QED) is 0.631. The summed E-state index contributed by atoms with van der Waals surface area (Å²) in [6, 6.07) is 7.45. The SMILES string of the molecule is CS(=O)(=O)c1cccc(NCc2ccc(N)nc2)c1[N+](=O)[O-]. The van der Waals surface area contributed by atoms with Crippen molar-refractivity contribution in [1.82, 2.24) is 4.98 Å². The van der Waals surface area contributed by atoms with E-state index < -0.39 is 20.4 Å². The number of pyridine rings is 1. The number of nitrogen functional groups attached to an aromatic ring is 1. The van der Waals surface area contributed by atoms with Crippen molar-refractivity contribution in [3.05, 3.63) is 52.2 Å². The largest absolute Gasteiger partial charge is 0.384 e. The van der Waals surface area contributed by atoms with E-state index in [2.05, 4.69) is 10.3 Å². The van der Waals surface area contributed by atoms with Crippen LogP contribution < -0.4 is 11.1 Å². The molecule has 0 radical (unpaired) electrons. The van der Waals surface area contributed by atoms with Crippen molar-refractivity contribution >= 4 is 27.0 Å². The molecule has 0 atom stereocenters. The zero-order valence-electron chi connectivity index (χ0n) is 11.7. The number of benzene rings is 1. The predicted molar refractivity (Wildman–Crippen MR) is 82.2 cm³/mol. The lowest BCUT2D eigenvalue weighted by Gasteiger charge is -2.09. The number of hydrogen-bond acceptors (Lipinski definition) is 7. The van der Waals surface area contributed by atoms with Crippen LogP contribution in [-0.2, 0) is 16.4 Å². The van der Waals surface area contributed by atoms with E-state index in [-0.39, 0.29) is 17.1 Å². The maximum absolute atomic E-state index is 11.7. The number of para-hydroxylation sites is 1. The van der Waals surface area contributed by atoms with Gasteiger partial charge in [0.15, 0.2) is 9.84 Å². The number of aromatic nitrogens is 1. The summed E-state index contributed by atoms with van der Waals surface area (Å²) in [5.74, 6) is 0.369. The van der Waals surface area contributed by atoms with Crippen molar-refractivity contribution in [3.63, 3.8) is 0 Å². The van der Waals surface area contributed by atoms with Gasteiger partial charge in [0.05, 0.1) is 4.92 Å². The van der Waals surface area contributed by atoms with Crippen LogP contribution in [0.25, 0.3) is 0 Å². The molecule has 0 aliphatic carbocycles. The normalized spacial score (nSPS) is 11.1.